The average molecular weight is 458 g/mol. The number of amides is 1. The molecule has 3 aromatic rings. The Hall–Kier alpha value is -2.62. The van der Waals surface area contributed by atoms with Crippen molar-refractivity contribution in [3.05, 3.63) is 54.1 Å². The Morgan fingerprint density at radius 2 is 1.44 bits per heavy atom. The van der Waals surface area contributed by atoms with Gasteiger partial charge in [0, 0.05) is 5.56 Å². The van der Waals surface area contributed by atoms with Crippen LogP contribution in [0.2, 0.25) is 0 Å². The zero-order valence-electron chi connectivity index (χ0n) is 20.8. The van der Waals surface area contributed by atoms with Gasteiger partial charge in [-0.3, -0.25) is 4.79 Å². The van der Waals surface area contributed by atoms with E-state index in [0.29, 0.717) is 5.92 Å². The molecule has 1 amide bonds. The average Bonchev–Trinajstić information content (AvgIpc) is 3.26. The van der Waals surface area contributed by atoms with E-state index in [4.69, 9.17) is 10.7 Å². The minimum Gasteiger partial charge on any atom is -0.368 e. The van der Waals surface area contributed by atoms with Crippen molar-refractivity contribution in [2.24, 2.45) is 17.6 Å². The molecule has 34 heavy (non-hydrogen) atoms. The fourth-order valence-electron chi connectivity index (χ4n) is 6.91. The van der Waals surface area contributed by atoms with E-state index in [-0.39, 0.29) is 17.7 Å². The van der Waals surface area contributed by atoms with Crippen LogP contribution in [0.3, 0.4) is 0 Å². The SMILES string of the molecule is CC(C)c1ccc(-c2nc3ccccc3n2C(C(N)=O)(C2CCCCC2)C2CCCCC2)cc1. The van der Waals surface area contributed by atoms with Gasteiger partial charge < -0.3 is 10.3 Å². The van der Waals surface area contributed by atoms with E-state index >= 15 is 0 Å². The Morgan fingerprint density at radius 3 is 1.97 bits per heavy atom. The molecule has 0 atom stereocenters. The standard InChI is InChI=1S/C30H39N3O/c1-21(2)22-17-19-23(20-18-22)28-32-26-15-9-10-16-27(26)33(28)30(29(31)34,24-11-5-3-6-12-24)25-13-7-4-8-14-25/h9-10,15-21,24-25H,3-8,11-14H2,1-2H3,(H2,31,34). The second-order valence-corrected chi connectivity index (χ2v) is 10.9. The van der Waals surface area contributed by atoms with E-state index in [1.54, 1.807) is 0 Å². The number of rotatable bonds is 6. The maximum absolute atomic E-state index is 13.9. The molecule has 1 aromatic heterocycles. The lowest BCUT2D eigenvalue weighted by Crippen LogP contribution is -2.58. The summed E-state index contributed by atoms with van der Waals surface area (Å²) in [6, 6.07) is 17.1. The molecule has 0 saturated heterocycles. The molecule has 4 heteroatoms. The predicted molar refractivity (Wildman–Crippen MR) is 140 cm³/mol. The molecule has 0 bridgehead atoms. The molecule has 2 saturated carbocycles. The quantitative estimate of drug-likeness (QED) is 0.426. The topological polar surface area (TPSA) is 60.9 Å². The number of nitrogens with two attached hydrogens (primary N) is 1. The number of benzene rings is 2. The summed E-state index contributed by atoms with van der Waals surface area (Å²) in [7, 11) is 0. The second-order valence-electron chi connectivity index (χ2n) is 10.9. The van der Waals surface area contributed by atoms with Gasteiger partial charge in [-0.15, -0.1) is 0 Å². The van der Waals surface area contributed by atoms with Crippen LogP contribution in [0.25, 0.3) is 22.4 Å². The summed E-state index contributed by atoms with van der Waals surface area (Å²) >= 11 is 0. The van der Waals surface area contributed by atoms with Crippen LogP contribution in [0.4, 0.5) is 0 Å². The van der Waals surface area contributed by atoms with Crippen LogP contribution >= 0.6 is 0 Å². The molecule has 0 radical (unpaired) electrons. The van der Waals surface area contributed by atoms with Gasteiger partial charge in [-0.2, -0.15) is 0 Å². The summed E-state index contributed by atoms with van der Waals surface area (Å²) in [5.74, 6) is 1.73. The van der Waals surface area contributed by atoms with Gasteiger partial charge in [-0.25, -0.2) is 4.98 Å². The lowest BCUT2D eigenvalue weighted by molar-refractivity contribution is -0.135. The minimum atomic E-state index is -0.733. The highest BCUT2D eigenvalue weighted by molar-refractivity contribution is 5.89. The lowest BCUT2D eigenvalue weighted by atomic mass is 9.63. The van der Waals surface area contributed by atoms with Gasteiger partial charge in [0.2, 0.25) is 5.91 Å². The Morgan fingerprint density at radius 1 is 0.882 bits per heavy atom. The van der Waals surface area contributed by atoms with E-state index in [1.807, 2.05) is 6.07 Å². The first-order valence-electron chi connectivity index (χ1n) is 13.4. The highest BCUT2D eigenvalue weighted by atomic mass is 16.1. The van der Waals surface area contributed by atoms with Gasteiger partial charge >= 0.3 is 0 Å². The summed E-state index contributed by atoms with van der Waals surface area (Å²) in [6.45, 7) is 4.43. The van der Waals surface area contributed by atoms with Gasteiger partial charge in [0.05, 0.1) is 11.0 Å². The molecular weight excluding hydrogens is 418 g/mol. The van der Waals surface area contributed by atoms with Crippen LogP contribution in [-0.4, -0.2) is 15.5 Å². The Kier molecular flexibility index (Phi) is 6.50. The van der Waals surface area contributed by atoms with Crippen LogP contribution in [0.1, 0.15) is 89.5 Å². The lowest BCUT2D eigenvalue weighted by Gasteiger charge is -2.48. The molecule has 4 nitrogen and oxygen atoms in total. The van der Waals surface area contributed by atoms with Crippen LogP contribution in [0, 0.1) is 11.8 Å². The van der Waals surface area contributed by atoms with E-state index in [9.17, 15) is 4.79 Å². The van der Waals surface area contributed by atoms with E-state index < -0.39 is 5.54 Å². The molecular formula is C30H39N3O. The van der Waals surface area contributed by atoms with Crippen molar-refractivity contribution in [3.63, 3.8) is 0 Å². The number of hydrogen-bond donors (Lipinski definition) is 1. The monoisotopic (exact) mass is 457 g/mol. The summed E-state index contributed by atoms with van der Waals surface area (Å²) in [4.78, 5) is 19.0. The molecule has 5 rings (SSSR count). The van der Waals surface area contributed by atoms with Crippen LogP contribution in [-0.2, 0) is 10.3 Å². The van der Waals surface area contributed by atoms with Crippen molar-refractivity contribution in [2.75, 3.05) is 0 Å². The normalized spacial score (nSPS) is 18.6. The number of carbonyl (C=O) groups excluding carboxylic acids is 1. The van der Waals surface area contributed by atoms with Crippen molar-refractivity contribution >= 4 is 16.9 Å². The number of hydrogen-bond acceptors (Lipinski definition) is 2. The van der Waals surface area contributed by atoms with E-state index in [2.05, 4.69) is 60.9 Å². The van der Waals surface area contributed by atoms with Gasteiger partial charge in [0.25, 0.3) is 0 Å². The Balaban J connectivity index is 1.79. The van der Waals surface area contributed by atoms with Gasteiger partial charge in [0.1, 0.15) is 11.4 Å². The first-order chi connectivity index (χ1) is 16.5. The van der Waals surface area contributed by atoms with E-state index in [1.165, 1.54) is 44.1 Å². The Labute approximate surface area is 204 Å². The molecule has 1 heterocycles. The first-order valence-corrected chi connectivity index (χ1v) is 13.4. The molecule has 180 valence electrons. The summed E-state index contributed by atoms with van der Waals surface area (Å²) in [6.07, 6.45) is 11.5. The predicted octanol–water partition coefficient (Wildman–Crippen LogP) is 7.17. The van der Waals surface area contributed by atoms with Crippen LogP contribution in [0.15, 0.2) is 48.5 Å². The maximum Gasteiger partial charge on any atom is 0.244 e. The highest BCUT2D eigenvalue weighted by Crippen LogP contribution is 2.50. The smallest absolute Gasteiger partial charge is 0.244 e. The zero-order chi connectivity index (χ0) is 23.7. The van der Waals surface area contributed by atoms with Crippen molar-refractivity contribution in [1.29, 1.82) is 0 Å². The molecule has 0 aliphatic heterocycles. The molecule has 2 N–H and O–H groups in total. The third kappa shape index (κ3) is 3.85. The Bertz CT molecular complexity index is 1110. The number of para-hydroxylation sites is 2. The second kappa shape index (κ2) is 9.56. The number of primary amides is 1. The van der Waals surface area contributed by atoms with Crippen LogP contribution < -0.4 is 5.73 Å². The first kappa shape index (κ1) is 23.1. The van der Waals surface area contributed by atoms with Gasteiger partial charge in [0.15, 0.2) is 0 Å². The van der Waals surface area contributed by atoms with Crippen molar-refractivity contribution in [3.8, 4) is 11.4 Å². The van der Waals surface area contributed by atoms with E-state index in [0.717, 1.165) is 48.1 Å². The summed E-state index contributed by atoms with van der Waals surface area (Å²) in [5.41, 5.74) is 10.2. The molecule has 2 fully saturated rings. The number of carbonyl (C=O) groups is 1. The minimum absolute atomic E-state index is 0.158. The molecule has 2 aliphatic carbocycles. The third-order valence-corrected chi connectivity index (χ3v) is 8.62. The number of fused-ring (bicyclic) bond motifs is 1. The van der Waals surface area contributed by atoms with Crippen LogP contribution in [0.5, 0.6) is 0 Å². The maximum atomic E-state index is 13.9. The summed E-state index contributed by atoms with van der Waals surface area (Å²) < 4.78 is 2.32. The molecule has 0 spiro atoms. The molecule has 2 aliphatic rings. The number of aromatic nitrogens is 2. The zero-order valence-corrected chi connectivity index (χ0v) is 20.8. The van der Waals surface area contributed by atoms with Crippen molar-refractivity contribution < 1.29 is 4.79 Å². The number of nitrogens with zero attached hydrogens (tertiary/aromatic N) is 2. The molecule has 2 aromatic carbocycles. The third-order valence-electron chi connectivity index (χ3n) is 8.62. The van der Waals surface area contributed by atoms with Crippen molar-refractivity contribution in [1.82, 2.24) is 9.55 Å². The molecule has 0 unspecified atom stereocenters. The van der Waals surface area contributed by atoms with Gasteiger partial charge in [-0.1, -0.05) is 88.8 Å². The fraction of sp³-hybridized carbons (Fsp3) is 0.533. The van der Waals surface area contributed by atoms with Gasteiger partial charge in [-0.05, 0) is 61.1 Å². The van der Waals surface area contributed by atoms with Crippen molar-refractivity contribution in [2.45, 2.75) is 89.5 Å². The summed E-state index contributed by atoms with van der Waals surface area (Å²) in [5, 5.41) is 0. The largest absolute Gasteiger partial charge is 0.368 e. The highest BCUT2D eigenvalue weighted by Gasteiger charge is 2.53. The number of imidazole rings is 1. The fourth-order valence-corrected chi connectivity index (χ4v) is 6.91.